The first-order chi connectivity index (χ1) is 9.15. The molecule has 4 bridgehead atoms. The van der Waals surface area contributed by atoms with Crippen LogP contribution >= 0.6 is 11.6 Å². The van der Waals surface area contributed by atoms with Gasteiger partial charge in [-0.15, -0.1) is 0 Å². The number of aliphatic hydroxyl groups is 1. The fraction of sp³-hybridized carbons (Fsp3) is 0.647. The summed E-state index contributed by atoms with van der Waals surface area (Å²) >= 11 is 6.29. The van der Waals surface area contributed by atoms with Crippen LogP contribution in [0.3, 0.4) is 0 Å². The van der Waals surface area contributed by atoms with Gasteiger partial charge in [0.1, 0.15) is 0 Å². The minimum absolute atomic E-state index is 0.488. The minimum atomic E-state index is -0.488. The van der Waals surface area contributed by atoms with E-state index in [0.717, 1.165) is 28.8 Å². The Balaban J connectivity index is 1.65. The molecule has 0 atom stereocenters. The smallest absolute Gasteiger partial charge is 0.0744 e. The van der Waals surface area contributed by atoms with Crippen LogP contribution in [0.4, 0.5) is 0 Å². The molecule has 19 heavy (non-hydrogen) atoms. The maximum absolute atomic E-state index is 11.3. The SMILES string of the molecule is OC1(Cc2ccccc2Cl)C2CC3CC(C2)CC1C3. The van der Waals surface area contributed by atoms with Gasteiger partial charge in [0.25, 0.3) is 0 Å². The molecule has 4 saturated carbocycles. The van der Waals surface area contributed by atoms with Crippen LogP contribution in [0.2, 0.25) is 5.02 Å². The van der Waals surface area contributed by atoms with E-state index in [0.29, 0.717) is 11.8 Å². The van der Waals surface area contributed by atoms with Crippen molar-refractivity contribution < 1.29 is 5.11 Å². The molecule has 0 unspecified atom stereocenters. The molecule has 5 rings (SSSR count). The van der Waals surface area contributed by atoms with E-state index in [1.165, 1.54) is 32.1 Å². The second-order valence-corrected chi connectivity index (χ2v) is 7.47. The Morgan fingerprint density at radius 3 is 2.16 bits per heavy atom. The van der Waals surface area contributed by atoms with Crippen LogP contribution < -0.4 is 0 Å². The van der Waals surface area contributed by atoms with E-state index in [-0.39, 0.29) is 0 Å². The van der Waals surface area contributed by atoms with E-state index in [4.69, 9.17) is 11.6 Å². The standard InChI is InChI=1S/C17H21ClO/c18-16-4-2-1-3-13(16)10-17(19)14-6-11-5-12(8-14)9-15(17)7-11/h1-4,11-12,14-15,19H,5-10H2. The maximum Gasteiger partial charge on any atom is 0.0744 e. The zero-order chi connectivity index (χ0) is 13.0. The van der Waals surface area contributed by atoms with E-state index >= 15 is 0 Å². The Bertz CT molecular complexity index is 468. The number of hydrogen-bond donors (Lipinski definition) is 1. The van der Waals surface area contributed by atoms with Gasteiger partial charge in [0.2, 0.25) is 0 Å². The highest BCUT2D eigenvalue weighted by Gasteiger charge is 2.56. The average Bonchev–Trinajstić information content (AvgIpc) is 2.38. The first-order valence-electron chi connectivity index (χ1n) is 7.61. The third kappa shape index (κ3) is 1.86. The van der Waals surface area contributed by atoms with Crippen LogP contribution in [0, 0.1) is 23.7 Å². The van der Waals surface area contributed by atoms with E-state index in [9.17, 15) is 5.11 Å². The molecule has 0 aromatic heterocycles. The lowest BCUT2D eigenvalue weighted by Crippen LogP contribution is -2.58. The summed E-state index contributed by atoms with van der Waals surface area (Å²) in [4.78, 5) is 0. The van der Waals surface area contributed by atoms with E-state index in [2.05, 4.69) is 6.07 Å². The van der Waals surface area contributed by atoms with Crippen LogP contribution in [0.25, 0.3) is 0 Å². The predicted molar refractivity (Wildman–Crippen MR) is 77.2 cm³/mol. The number of benzene rings is 1. The topological polar surface area (TPSA) is 20.2 Å². The molecular formula is C17H21ClO. The lowest BCUT2D eigenvalue weighted by atomic mass is 9.49. The lowest BCUT2D eigenvalue weighted by molar-refractivity contribution is -0.171. The predicted octanol–water partition coefficient (Wildman–Crippen LogP) is 4.07. The molecule has 0 heterocycles. The molecule has 0 saturated heterocycles. The second kappa shape index (κ2) is 4.23. The van der Waals surface area contributed by atoms with Crippen molar-refractivity contribution in [1.29, 1.82) is 0 Å². The molecule has 1 N–H and O–H groups in total. The van der Waals surface area contributed by atoms with E-state index < -0.39 is 5.60 Å². The molecule has 1 aromatic carbocycles. The monoisotopic (exact) mass is 276 g/mol. The first kappa shape index (κ1) is 12.2. The van der Waals surface area contributed by atoms with Crippen LogP contribution in [-0.4, -0.2) is 10.7 Å². The van der Waals surface area contributed by atoms with E-state index in [1.54, 1.807) is 0 Å². The summed E-state index contributed by atoms with van der Waals surface area (Å²) in [5, 5.41) is 12.1. The molecule has 4 aliphatic carbocycles. The summed E-state index contributed by atoms with van der Waals surface area (Å²) in [6, 6.07) is 8.01. The molecule has 0 amide bonds. The number of halogens is 1. The Kier molecular flexibility index (Phi) is 2.72. The lowest BCUT2D eigenvalue weighted by Gasteiger charge is -2.59. The molecule has 4 aliphatic rings. The van der Waals surface area contributed by atoms with Gasteiger partial charge in [0.05, 0.1) is 5.60 Å². The zero-order valence-corrected chi connectivity index (χ0v) is 11.9. The quantitative estimate of drug-likeness (QED) is 0.863. The highest BCUT2D eigenvalue weighted by Crippen LogP contribution is 2.59. The summed E-state index contributed by atoms with van der Waals surface area (Å²) < 4.78 is 0. The van der Waals surface area contributed by atoms with Gasteiger partial charge >= 0.3 is 0 Å². The fourth-order valence-corrected chi connectivity index (χ4v) is 5.44. The van der Waals surface area contributed by atoms with Crippen LogP contribution in [0.5, 0.6) is 0 Å². The molecule has 4 fully saturated rings. The van der Waals surface area contributed by atoms with Gasteiger partial charge < -0.3 is 5.11 Å². The van der Waals surface area contributed by atoms with Gasteiger partial charge in [-0.3, -0.25) is 0 Å². The maximum atomic E-state index is 11.3. The Morgan fingerprint density at radius 2 is 1.58 bits per heavy atom. The van der Waals surface area contributed by atoms with Gasteiger partial charge in [-0.1, -0.05) is 29.8 Å². The van der Waals surface area contributed by atoms with Gasteiger partial charge in [-0.25, -0.2) is 0 Å². The Hall–Kier alpha value is -0.530. The first-order valence-corrected chi connectivity index (χ1v) is 7.98. The van der Waals surface area contributed by atoms with E-state index in [1.807, 2.05) is 18.2 Å². The average molecular weight is 277 g/mol. The molecular weight excluding hydrogens is 256 g/mol. The molecule has 2 heteroatoms. The summed E-state index contributed by atoms with van der Waals surface area (Å²) in [5.41, 5.74) is 0.637. The Morgan fingerprint density at radius 1 is 1.00 bits per heavy atom. The summed E-state index contributed by atoms with van der Waals surface area (Å²) in [5.74, 6) is 2.82. The van der Waals surface area contributed by atoms with Crippen LogP contribution in [0.1, 0.15) is 37.7 Å². The van der Waals surface area contributed by atoms with Crippen molar-refractivity contribution in [2.45, 2.75) is 44.1 Å². The second-order valence-electron chi connectivity index (χ2n) is 7.06. The van der Waals surface area contributed by atoms with Crippen molar-refractivity contribution in [2.75, 3.05) is 0 Å². The normalized spacial score (nSPS) is 43.7. The van der Waals surface area contributed by atoms with Gasteiger partial charge in [-0.05, 0) is 67.4 Å². The zero-order valence-electron chi connectivity index (χ0n) is 11.2. The van der Waals surface area contributed by atoms with Gasteiger partial charge in [-0.2, -0.15) is 0 Å². The third-order valence-corrected chi connectivity index (χ3v) is 6.35. The highest BCUT2D eigenvalue weighted by molar-refractivity contribution is 6.31. The molecule has 1 aromatic rings. The summed E-state index contributed by atoms with van der Waals surface area (Å²) in [6.45, 7) is 0. The van der Waals surface area contributed by atoms with Crippen molar-refractivity contribution in [1.82, 2.24) is 0 Å². The summed E-state index contributed by atoms with van der Waals surface area (Å²) in [7, 11) is 0. The molecule has 1 nitrogen and oxygen atoms in total. The van der Waals surface area contributed by atoms with Gasteiger partial charge in [0, 0.05) is 11.4 Å². The van der Waals surface area contributed by atoms with Crippen molar-refractivity contribution in [3.63, 3.8) is 0 Å². The molecule has 0 aliphatic heterocycles. The molecule has 102 valence electrons. The fourth-order valence-electron chi connectivity index (χ4n) is 5.24. The third-order valence-electron chi connectivity index (χ3n) is 5.98. The molecule has 0 radical (unpaired) electrons. The van der Waals surface area contributed by atoms with Crippen LogP contribution in [-0.2, 0) is 6.42 Å². The minimum Gasteiger partial charge on any atom is -0.389 e. The van der Waals surface area contributed by atoms with Crippen molar-refractivity contribution in [2.24, 2.45) is 23.7 Å². The number of hydrogen-bond acceptors (Lipinski definition) is 1. The number of rotatable bonds is 2. The molecule has 0 spiro atoms. The van der Waals surface area contributed by atoms with Gasteiger partial charge in [0.15, 0.2) is 0 Å². The van der Waals surface area contributed by atoms with Crippen molar-refractivity contribution in [3.8, 4) is 0 Å². The largest absolute Gasteiger partial charge is 0.389 e. The Labute approximate surface area is 120 Å². The summed E-state index contributed by atoms with van der Waals surface area (Å²) in [6.07, 6.45) is 7.15. The van der Waals surface area contributed by atoms with Crippen LogP contribution in [0.15, 0.2) is 24.3 Å². The highest BCUT2D eigenvalue weighted by atomic mass is 35.5. The van der Waals surface area contributed by atoms with Crippen molar-refractivity contribution >= 4 is 11.6 Å². The van der Waals surface area contributed by atoms with Crippen molar-refractivity contribution in [3.05, 3.63) is 34.9 Å².